The molecule has 0 spiro atoms. The van der Waals surface area contributed by atoms with Gasteiger partial charge in [0.05, 0.1) is 11.4 Å². The summed E-state index contributed by atoms with van der Waals surface area (Å²) in [5, 5.41) is 8.22. The van der Waals surface area contributed by atoms with Crippen molar-refractivity contribution in [1.29, 1.82) is 0 Å². The molecule has 2 heterocycles. The molecule has 31 heavy (non-hydrogen) atoms. The molecule has 2 aromatic carbocycles. The lowest BCUT2D eigenvalue weighted by atomic mass is 10.1. The molecule has 1 amide bonds. The summed E-state index contributed by atoms with van der Waals surface area (Å²) in [5.41, 5.74) is 5.43. The summed E-state index contributed by atoms with van der Waals surface area (Å²) in [6.07, 6.45) is 0. The van der Waals surface area contributed by atoms with E-state index < -0.39 is 5.91 Å². The van der Waals surface area contributed by atoms with Crippen LogP contribution in [0.5, 0.6) is 5.88 Å². The van der Waals surface area contributed by atoms with E-state index in [0.29, 0.717) is 22.8 Å². The van der Waals surface area contributed by atoms with E-state index in [9.17, 15) is 9.18 Å². The molecule has 1 N–H and O–H groups in total. The lowest BCUT2D eigenvalue weighted by Crippen LogP contribution is -2.20. The maximum absolute atomic E-state index is 13.7. The van der Waals surface area contributed by atoms with E-state index in [0.717, 1.165) is 27.9 Å². The SMILES string of the molecule is Cc1ccc(-n2nc(C)c3c(C)cc(OCC(=O)Nc4ccc(C)c(F)c4)nc32)cc1. The molecule has 0 fully saturated rings. The lowest BCUT2D eigenvalue weighted by molar-refractivity contribution is -0.118. The second-order valence-electron chi connectivity index (χ2n) is 7.61. The molecule has 0 atom stereocenters. The van der Waals surface area contributed by atoms with Crippen molar-refractivity contribution in [3.63, 3.8) is 0 Å². The average molecular weight is 418 g/mol. The van der Waals surface area contributed by atoms with Gasteiger partial charge in [-0.2, -0.15) is 10.1 Å². The van der Waals surface area contributed by atoms with Crippen molar-refractivity contribution < 1.29 is 13.9 Å². The zero-order valence-corrected chi connectivity index (χ0v) is 17.9. The van der Waals surface area contributed by atoms with Crippen LogP contribution >= 0.6 is 0 Å². The minimum atomic E-state index is -0.397. The quantitative estimate of drug-likeness (QED) is 0.505. The van der Waals surface area contributed by atoms with Gasteiger partial charge in [-0.3, -0.25) is 4.79 Å². The molecule has 7 heteroatoms. The molecule has 4 rings (SSSR count). The molecule has 0 aliphatic carbocycles. The van der Waals surface area contributed by atoms with Gasteiger partial charge in [-0.05, 0) is 63.1 Å². The fourth-order valence-corrected chi connectivity index (χ4v) is 3.42. The standard InChI is InChI=1S/C24H23FN4O2/c1-14-5-9-19(10-6-14)29-24-23(17(4)28-29)16(3)11-22(27-24)31-13-21(30)26-18-8-7-15(2)20(25)12-18/h5-12H,13H2,1-4H3,(H,26,30). The van der Waals surface area contributed by atoms with Gasteiger partial charge < -0.3 is 10.1 Å². The van der Waals surface area contributed by atoms with Gasteiger partial charge in [-0.15, -0.1) is 0 Å². The molecule has 0 aliphatic heterocycles. The predicted octanol–water partition coefficient (Wildman–Crippen LogP) is 4.81. The first-order chi connectivity index (χ1) is 14.8. The first-order valence-corrected chi connectivity index (χ1v) is 9.94. The van der Waals surface area contributed by atoms with E-state index in [-0.39, 0.29) is 12.4 Å². The van der Waals surface area contributed by atoms with E-state index in [1.165, 1.54) is 6.07 Å². The number of carbonyl (C=O) groups excluding carboxylic acids is 1. The van der Waals surface area contributed by atoms with Crippen LogP contribution in [0.4, 0.5) is 10.1 Å². The highest BCUT2D eigenvalue weighted by Crippen LogP contribution is 2.27. The summed E-state index contributed by atoms with van der Waals surface area (Å²) in [5.74, 6) is -0.448. The zero-order chi connectivity index (χ0) is 22.1. The number of anilines is 1. The third kappa shape index (κ3) is 4.26. The Labute approximate surface area is 179 Å². The van der Waals surface area contributed by atoms with Crippen molar-refractivity contribution in [2.24, 2.45) is 0 Å². The molecular formula is C24H23FN4O2. The van der Waals surface area contributed by atoms with Crippen molar-refractivity contribution in [3.8, 4) is 11.6 Å². The number of amides is 1. The Balaban J connectivity index is 1.56. The molecule has 0 saturated heterocycles. The van der Waals surface area contributed by atoms with Crippen LogP contribution in [0, 0.1) is 33.5 Å². The first-order valence-electron chi connectivity index (χ1n) is 9.94. The molecular weight excluding hydrogens is 395 g/mol. The predicted molar refractivity (Wildman–Crippen MR) is 118 cm³/mol. The van der Waals surface area contributed by atoms with Crippen LogP contribution < -0.4 is 10.1 Å². The number of rotatable bonds is 5. The fraction of sp³-hybridized carbons (Fsp3) is 0.208. The minimum absolute atomic E-state index is 0.245. The van der Waals surface area contributed by atoms with Gasteiger partial charge in [0.2, 0.25) is 5.88 Å². The number of hydrogen-bond donors (Lipinski definition) is 1. The summed E-state index contributed by atoms with van der Waals surface area (Å²) in [6.45, 7) is 7.35. The van der Waals surface area contributed by atoms with Crippen molar-refractivity contribution >= 4 is 22.6 Å². The molecule has 0 bridgehead atoms. The Morgan fingerprint density at radius 3 is 2.48 bits per heavy atom. The molecule has 0 radical (unpaired) electrons. The summed E-state index contributed by atoms with van der Waals surface area (Å²) in [7, 11) is 0. The van der Waals surface area contributed by atoms with Crippen LogP contribution in [0.1, 0.15) is 22.4 Å². The van der Waals surface area contributed by atoms with E-state index in [2.05, 4.69) is 15.4 Å². The highest BCUT2D eigenvalue weighted by atomic mass is 19.1. The third-order valence-electron chi connectivity index (χ3n) is 5.07. The van der Waals surface area contributed by atoms with Crippen LogP contribution in [0.2, 0.25) is 0 Å². The van der Waals surface area contributed by atoms with Gasteiger partial charge in [-0.1, -0.05) is 23.8 Å². The number of aryl methyl sites for hydroxylation is 4. The van der Waals surface area contributed by atoms with E-state index in [4.69, 9.17) is 4.74 Å². The molecule has 2 aromatic heterocycles. The Bertz CT molecular complexity index is 1280. The fourth-order valence-electron chi connectivity index (χ4n) is 3.42. The molecule has 0 unspecified atom stereocenters. The molecule has 4 aromatic rings. The van der Waals surface area contributed by atoms with Crippen LogP contribution in [0.25, 0.3) is 16.7 Å². The second kappa shape index (κ2) is 8.18. The number of benzene rings is 2. The van der Waals surface area contributed by atoms with Gasteiger partial charge in [-0.25, -0.2) is 9.07 Å². The number of nitrogens with zero attached hydrogens (tertiary/aromatic N) is 3. The van der Waals surface area contributed by atoms with Gasteiger partial charge in [0.15, 0.2) is 12.3 Å². The summed E-state index contributed by atoms with van der Waals surface area (Å²) in [4.78, 5) is 16.8. The number of hydrogen-bond acceptors (Lipinski definition) is 4. The summed E-state index contributed by atoms with van der Waals surface area (Å²) < 4.78 is 21.1. The number of ether oxygens (including phenoxy) is 1. The van der Waals surface area contributed by atoms with Gasteiger partial charge in [0.25, 0.3) is 5.91 Å². The van der Waals surface area contributed by atoms with Crippen LogP contribution in [-0.2, 0) is 4.79 Å². The minimum Gasteiger partial charge on any atom is -0.467 e. The van der Waals surface area contributed by atoms with Crippen LogP contribution in [0.15, 0.2) is 48.5 Å². The number of nitrogens with one attached hydrogen (secondary N) is 1. The van der Waals surface area contributed by atoms with Gasteiger partial charge in [0, 0.05) is 17.1 Å². The maximum Gasteiger partial charge on any atom is 0.262 e. The molecule has 0 aliphatic rings. The number of aromatic nitrogens is 3. The van der Waals surface area contributed by atoms with E-state index in [1.807, 2.05) is 45.0 Å². The molecule has 158 valence electrons. The first kappa shape index (κ1) is 20.5. The highest BCUT2D eigenvalue weighted by molar-refractivity contribution is 5.92. The molecule has 0 saturated carbocycles. The van der Waals surface area contributed by atoms with Crippen LogP contribution in [-0.4, -0.2) is 27.3 Å². The Hall–Kier alpha value is -3.74. The Morgan fingerprint density at radius 2 is 1.77 bits per heavy atom. The second-order valence-corrected chi connectivity index (χ2v) is 7.61. The highest BCUT2D eigenvalue weighted by Gasteiger charge is 2.15. The summed E-state index contributed by atoms with van der Waals surface area (Å²) in [6, 6.07) is 14.3. The number of halogens is 1. The van der Waals surface area contributed by atoms with Crippen molar-refractivity contribution in [2.45, 2.75) is 27.7 Å². The van der Waals surface area contributed by atoms with Crippen molar-refractivity contribution in [1.82, 2.24) is 14.8 Å². The zero-order valence-electron chi connectivity index (χ0n) is 17.9. The Morgan fingerprint density at radius 1 is 1.03 bits per heavy atom. The number of fused-ring (bicyclic) bond motifs is 1. The summed E-state index contributed by atoms with van der Waals surface area (Å²) >= 11 is 0. The van der Waals surface area contributed by atoms with Gasteiger partial charge in [0.1, 0.15) is 5.82 Å². The van der Waals surface area contributed by atoms with Crippen LogP contribution in [0.3, 0.4) is 0 Å². The Kier molecular flexibility index (Phi) is 5.42. The van der Waals surface area contributed by atoms with Gasteiger partial charge >= 0.3 is 0 Å². The maximum atomic E-state index is 13.7. The third-order valence-corrected chi connectivity index (χ3v) is 5.07. The lowest BCUT2D eigenvalue weighted by Gasteiger charge is -2.09. The number of carbonyl (C=O) groups is 1. The van der Waals surface area contributed by atoms with Crippen molar-refractivity contribution in [3.05, 3.63) is 76.7 Å². The monoisotopic (exact) mass is 418 g/mol. The molecule has 6 nitrogen and oxygen atoms in total. The smallest absolute Gasteiger partial charge is 0.262 e. The topological polar surface area (TPSA) is 69.0 Å². The van der Waals surface area contributed by atoms with Crippen molar-refractivity contribution in [2.75, 3.05) is 11.9 Å². The van der Waals surface area contributed by atoms with E-state index in [1.54, 1.807) is 29.8 Å². The number of pyridine rings is 1. The van der Waals surface area contributed by atoms with E-state index >= 15 is 0 Å². The largest absolute Gasteiger partial charge is 0.467 e. The average Bonchev–Trinajstić information content (AvgIpc) is 3.07. The normalized spacial score (nSPS) is 11.0.